The lowest BCUT2D eigenvalue weighted by molar-refractivity contribution is -0.459. The Kier molecular flexibility index (Phi) is 5.72. The van der Waals surface area contributed by atoms with Crippen LogP contribution in [0.3, 0.4) is 0 Å². The van der Waals surface area contributed by atoms with Crippen LogP contribution in [0.5, 0.6) is 0 Å². The second-order valence-electron chi connectivity index (χ2n) is 7.00. The molecule has 1 fully saturated rings. The first-order valence-electron chi connectivity index (χ1n) is 9.61. The van der Waals surface area contributed by atoms with Gasteiger partial charge in [0.15, 0.2) is 5.70 Å². The number of pyridine rings is 1. The minimum atomic E-state index is -1.25. The summed E-state index contributed by atoms with van der Waals surface area (Å²) in [5.41, 5.74) is 0.0195. The lowest BCUT2D eigenvalue weighted by atomic mass is 9.94. The maximum Gasteiger partial charge on any atom is 0.452 e. The van der Waals surface area contributed by atoms with Gasteiger partial charge >= 0.3 is 5.88 Å². The maximum absolute atomic E-state index is 14.5. The van der Waals surface area contributed by atoms with Crippen LogP contribution in [0.2, 0.25) is 0 Å². The normalized spacial score (nSPS) is 20.7. The summed E-state index contributed by atoms with van der Waals surface area (Å²) in [6.07, 6.45) is 4.69. The molecule has 2 aliphatic heterocycles. The van der Waals surface area contributed by atoms with Gasteiger partial charge in [-0.25, -0.2) is 13.8 Å². The molecule has 2 aliphatic rings. The topological polar surface area (TPSA) is 110 Å². The minimum Gasteiger partial charge on any atom is -0.454 e. The molecule has 1 unspecified atom stereocenters. The maximum atomic E-state index is 14.5. The van der Waals surface area contributed by atoms with E-state index in [-0.39, 0.29) is 11.4 Å². The van der Waals surface area contributed by atoms with Crippen molar-refractivity contribution >= 4 is 11.4 Å². The molecular formula is C21H18F2N4O4. The van der Waals surface area contributed by atoms with Gasteiger partial charge in [-0.3, -0.25) is 15.1 Å². The molecule has 0 amide bonds. The van der Waals surface area contributed by atoms with Crippen molar-refractivity contribution in [2.24, 2.45) is 4.99 Å². The van der Waals surface area contributed by atoms with Gasteiger partial charge in [0.2, 0.25) is 0 Å². The van der Waals surface area contributed by atoms with Gasteiger partial charge < -0.3 is 15.2 Å². The molecule has 1 aromatic heterocycles. The number of rotatable bonds is 4. The lowest BCUT2D eigenvalue weighted by Crippen LogP contribution is -2.38. The second kappa shape index (κ2) is 8.60. The van der Waals surface area contributed by atoms with Crippen molar-refractivity contribution in [2.75, 3.05) is 6.61 Å². The van der Waals surface area contributed by atoms with Crippen LogP contribution in [-0.2, 0) is 4.74 Å². The van der Waals surface area contributed by atoms with E-state index in [9.17, 15) is 24.0 Å². The number of allylic oxidation sites excluding steroid dienone is 1. The Balaban J connectivity index is 1.97. The van der Waals surface area contributed by atoms with Gasteiger partial charge in [-0.2, -0.15) is 0 Å². The van der Waals surface area contributed by atoms with Crippen LogP contribution in [0.25, 0.3) is 5.57 Å². The first kappa shape index (κ1) is 20.6. The zero-order valence-electron chi connectivity index (χ0n) is 16.2. The van der Waals surface area contributed by atoms with Crippen molar-refractivity contribution in [2.45, 2.75) is 25.4 Å². The molecule has 1 atom stereocenters. The number of aliphatic imine (C=N–C) groups is 1. The molecule has 4 rings (SSSR count). The number of hydrogen-bond donors (Lipinski definition) is 2. The fourth-order valence-electron chi connectivity index (χ4n) is 3.62. The van der Waals surface area contributed by atoms with Crippen molar-refractivity contribution in [3.05, 3.63) is 92.9 Å². The second-order valence-corrected chi connectivity index (χ2v) is 7.00. The lowest BCUT2D eigenvalue weighted by Gasteiger charge is -2.31. The molecule has 2 N–H and O–H groups in total. The molecule has 0 spiro atoms. The van der Waals surface area contributed by atoms with E-state index in [0.29, 0.717) is 24.3 Å². The van der Waals surface area contributed by atoms with Crippen LogP contribution in [0.4, 0.5) is 8.78 Å². The number of aliphatic hydroxyl groups excluding tert-OH is 1. The van der Waals surface area contributed by atoms with Crippen LogP contribution >= 0.6 is 0 Å². The van der Waals surface area contributed by atoms with Gasteiger partial charge in [0.05, 0.1) is 17.4 Å². The summed E-state index contributed by atoms with van der Waals surface area (Å²) in [4.78, 5) is 18.5. The number of benzene rings is 1. The number of hydrogen-bond acceptors (Lipinski definition) is 7. The van der Waals surface area contributed by atoms with Crippen LogP contribution in [0.1, 0.15) is 30.4 Å². The number of nitro groups is 1. The Hall–Kier alpha value is -3.66. The highest BCUT2D eigenvalue weighted by atomic mass is 19.1. The zero-order valence-corrected chi connectivity index (χ0v) is 16.2. The molecule has 0 aliphatic carbocycles. The van der Waals surface area contributed by atoms with Gasteiger partial charge in [0.1, 0.15) is 22.4 Å². The molecule has 1 saturated heterocycles. The van der Waals surface area contributed by atoms with E-state index in [1.54, 1.807) is 12.1 Å². The van der Waals surface area contributed by atoms with Crippen LogP contribution in [0, 0.1) is 21.7 Å². The molecule has 0 bridgehead atoms. The summed E-state index contributed by atoms with van der Waals surface area (Å²) in [6, 6.07) is 6.57. The van der Waals surface area contributed by atoms with Gasteiger partial charge in [-0.15, -0.1) is 0 Å². The number of halogens is 2. The fraction of sp³-hybridized carbons (Fsp3) is 0.238. The van der Waals surface area contributed by atoms with E-state index in [1.807, 2.05) is 0 Å². The van der Waals surface area contributed by atoms with Crippen LogP contribution < -0.4 is 5.32 Å². The van der Waals surface area contributed by atoms with Crippen molar-refractivity contribution in [1.29, 1.82) is 0 Å². The molecule has 1 aromatic carbocycles. The first-order valence-corrected chi connectivity index (χ1v) is 9.61. The summed E-state index contributed by atoms with van der Waals surface area (Å²) < 4.78 is 34.8. The van der Waals surface area contributed by atoms with E-state index in [4.69, 9.17) is 4.74 Å². The summed E-state index contributed by atoms with van der Waals surface area (Å²) in [7, 11) is 0. The van der Waals surface area contributed by atoms with Gasteiger partial charge in [-0.1, -0.05) is 12.1 Å². The molecule has 160 valence electrons. The molecule has 0 radical (unpaired) electrons. The van der Waals surface area contributed by atoms with E-state index < -0.39 is 39.8 Å². The Morgan fingerprint density at radius 1 is 1.23 bits per heavy atom. The van der Waals surface area contributed by atoms with Gasteiger partial charge in [0, 0.05) is 30.1 Å². The number of nitrogens with zero attached hydrogens (tertiary/aromatic N) is 3. The Labute approximate surface area is 175 Å². The Bertz CT molecular complexity index is 1090. The third kappa shape index (κ3) is 4.02. The van der Waals surface area contributed by atoms with Gasteiger partial charge in [-0.05, 0) is 37.5 Å². The standard InChI is InChI=1S/C21H18F2N4O4/c22-13-6-3-7-14(23)17(13)20-25-18(15-8-1-2-10-31-15)16(12-5-4-9-24-11-12)19(26-20)21(28)27(29)30/h3-7,9,11,15,28H,1-2,8,10H2,(H,25,26). The van der Waals surface area contributed by atoms with E-state index in [1.165, 1.54) is 18.5 Å². The Morgan fingerprint density at radius 2 is 2.00 bits per heavy atom. The van der Waals surface area contributed by atoms with Crippen molar-refractivity contribution in [3.8, 4) is 0 Å². The molecule has 3 heterocycles. The average Bonchev–Trinajstić information content (AvgIpc) is 2.79. The number of aliphatic hydroxyl groups is 1. The highest BCUT2D eigenvalue weighted by molar-refractivity contribution is 6.05. The summed E-state index contributed by atoms with van der Waals surface area (Å²) in [6.45, 7) is 0.455. The third-order valence-electron chi connectivity index (χ3n) is 5.02. The number of amidine groups is 1. The van der Waals surface area contributed by atoms with Crippen molar-refractivity contribution in [3.63, 3.8) is 0 Å². The monoisotopic (exact) mass is 428 g/mol. The quantitative estimate of drug-likeness (QED) is 0.437. The first-order chi connectivity index (χ1) is 15.0. The third-order valence-corrected chi connectivity index (χ3v) is 5.02. The van der Waals surface area contributed by atoms with Crippen LogP contribution in [-0.4, -0.2) is 33.6 Å². The molecule has 2 aromatic rings. The zero-order chi connectivity index (χ0) is 22.0. The molecule has 8 nitrogen and oxygen atoms in total. The molecule has 0 saturated carbocycles. The summed E-state index contributed by atoms with van der Waals surface area (Å²) >= 11 is 0. The van der Waals surface area contributed by atoms with E-state index >= 15 is 0 Å². The number of nitrogens with one attached hydrogen (secondary N) is 1. The molecule has 10 heteroatoms. The number of aromatic nitrogens is 1. The predicted molar refractivity (Wildman–Crippen MR) is 107 cm³/mol. The summed E-state index contributed by atoms with van der Waals surface area (Å²) in [5.74, 6) is -3.35. The minimum absolute atomic E-state index is 0.190. The molecular weight excluding hydrogens is 410 g/mol. The van der Waals surface area contributed by atoms with Crippen molar-refractivity contribution in [1.82, 2.24) is 10.3 Å². The largest absolute Gasteiger partial charge is 0.454 e. The Morgan fingerprint density at radius 3 is 2.61 bits per heavy atom. The van der Waals surface area contributed by atoms with Crippen molar-refractivity contribution < 1.29 is 23.5 Å². The van der Waals surface area contributed by atoms with Crippen LogP contribution in [0.15, 0.2) is 65.0 Å². The molecule has 31 heavy (non-hydrogen) atoms. The smallest absolute Gasteiger partial charge is 0.452 e. The predicted octanol–water partition coefficient (Wildman–Crippen LogP) is 3.69. The SMILES string of the molecule is O=[N+]([O-])C(O)=C1N=C(c2c(F)cccc2F)NC(C2CCCCO2)=C1c1cccnc1. The van der Waals surface area contributed by atoms with Gasteiger partial charge in [0.25, 0.3) is 0 Å². The van der Waals surface area contributed by atoms with E-state index in [2.05, 4.69) is 15.3 Å². The average molecular weight is 428 g/mol. The summed E-state index contributed by atoms with van der Waals surface area (Å²) in [5, 5.41) is 24.6. The highest BCUT2D eigenvalue weighted by Crippen LogP contribution is 2.36. The fourth-order valence-corrected chi connectivity index (χ4v) is 3.62. The number of ether oxygens (including phenoxy) is 1. The highest BCUT2D eigenvalue weighted by Gasteiger charge is 2.35. The van der Waals surface area contributed by atoms with E-state index in [0.717, 1.165) is 25.0 Å².